The molecule has 0 spiro atoms. The molecule has 0 aliphatic carbocycles. The smallest absolute Gasteiger partial charge is 0.262 e. The van der Waals surface area contributed by atoms with Crippen LogP contribution >= 0.6 is 11.6 Å². The van der Waals surface area contributed by atoms with Gasteiger partial charge < -0.3 is 14.5 Å². The largest absolute Gasteiger partial charge is 0.483 e. The number of carbonyl (C=O) groups is 1. The summed E-state index contributed by atoms with van der Waals surface area (Å²) in [5, 5.41) is 4.15. The number of fused-ring (bicyclic) bond motifs is 2. The van der Waals surface area contributed by atoms with Crippen molar-refractivity contribution in [2.75, 3.05) is 11.9 Å². The number of hydrogen-bond donors (Lipinski definition) is 1. The molecule has 1 aromatic heterocycles. The zero-order valence-electron chi connectivity index (χ0n) is 16.8. The van der Waals surface area contributed by atoms with Crippen molar-refractivity contribution in [2.24, 2.45) is 0 Å². The van der Waals surface area contributed by atoms with Crippen LogP contribution < -0.4 is 15.5 Å². The normalized spacial score (nSPS) is 11.1. The number of nitrogens with one attached hydrogen (secondary N) is 1. The molecule has 0 aliphatic heterocycles. The predicted octanol–water partition coefficient (Wildman–Crippen LogP) is 5.54. The second-order valence-electron chi connectivity index (χ2n) is 7.35. The van der Waals surface area contributed by atoms with Gasteiger partial charge in [-0.2, -0.15) is 0 Å². The van der Waals surface area contributed by atoms with Crippen molar-refractivity contribution in [1.29, 1.82) is 0 Å². The van der Waals surface area contributed by atoms with Crippen molar-refractivity contribution in [2.45, 2.75) is 20.8 Å². The average Bonchev–Trinajstić information content (AvgIpc) is 2.70. The molecule has 152 valence electrons. The lowest BCUT2D eigenvalue weighted by molar-refractivity contribution is -0.118. The molecule has 0 aliphatic rings. The van der Waals surface area contributed by atoms with Crippen molar-refractivity contribution in [1.82, 2.24) is 0 Å². The third-order valence-electron chi connectivity index (χ3n) is 4.94. The number of ether oxygens (including phenoxy) is 1. The minimum atomic E-state index is -0.305. The van der Waals surface area contributed by atoms with Gasteiger partial charge in [-0.15, -0.1) is 0 Å². The third-order valence-corrected chi connectivity index (χ3v) is 5.34. The van der Waals surface area contributed by atoms with Crippen LogP contribution in [0.4, 0.5) is 5.69 Å². The molecule has 0 atom stereocenters. The van der Waals surface area contributed by atoms with Gasteiger partial charge in [0.2, 0.25) is 5.43 Å². The Morgan fingerprint density at radius 1 is 0.967 bits per heavy atom. The first kappa shape index (κ1) is 20.0. The van der Waals surface area contributed by atoms with E-state index < -0.39 is 0 Å². The Bertz CT molecular complexity index is 1360. The second kappa shape index (κ2) is 7.84. The number of hydrogen-bond acceptors (Lipinski definition) is 4. The van der Waals surface area contributed by atoms with Gasteiger partial charge in [-0.3, -0.25) is 9.59 Å². The summed E-state index contributed by atoms with van der Waals surface area (Å²) in [6.45, 7) is 5.62. The number of aryl methyl sites for hydroxylation is 3. The van der Waals surface area contributed by atoms with Crippen LogP contribution in [0.25, 0.3) is 21.9 Å². The van der Waals surface area contributed by atoms with Gasteiger partial charge in [0.15, 0.2) is 6.61 Å². The van der Waals surface area contributed by atoms with Crippen LogP contribution in [0.15, 0.2) is 57.7 Å². The van der Waals surface area contributed by atoms with Gasteiger partial charge in [0, 0.05) is 16.8 Å². The fraction of sp³-hybridized carbons (Fsp3) is 0.167. The Morgan fingerprint density at radius 3 is 2.53 bits per heavy atom. The molecule has 1 heterocycles. The number of halogens is 1. The Balaban J connectivity index is 1.58. The quantitative estimate of drug-likeness (QED) is 0.439. The third kappa shape index (κ3) is 3.89. The Morgan fingerprint density at radius 2 is 1.73 bits per heavy atom. The number of carbonyl (C=O) groups excluding carboxylic acids is 1. The Kier molecular flexibility index (Phi) is 5.22. The van der Waals surface area contributed by atoms with Gasteiger partial charge in [0.25, 0.3) is 5.91 Å². The van der Waals surface area contributed by atoms with Crippen LogP contribution in [0, 0.1) is 20.8 Å². The molecule has 0 saturated carbocycles. The van der Waals surface area contributed by atoms with E-state index in [1.54, 1.807) is 30.3 Å². The number of anilines is 1. The molecule has 30 heavy (non-hydrogen) atoms. The average molecular weight is 422 g/mol. The molecule has 6 heteroatoms. The van der Waals surface area contributed by atoms with Gasteiger partial charge in [-0.25, -0.2) is 0 Å². The van der Waals surface area contributed by atoms with E-state index in [4.69, 9.17) is 20.8 Å². The second-order valence-corrected chi connectivity index (χ2v) is 7.75. The molecule has 0 unspecified atom stereocenters. The van der Waals surface area contributed by atoms with E-state index in [0.717, 1.165) is 16.7 Å². The predicted molar refractivity (Wildman–Crippen MR) is 120 cm³/mol. The maximum atomic E-state index is 12.8. The van der Waals surface area contributed by atoms with Crippen LogP contribution in [0.2, 0.25) is 5.02 Å². The summed E-state index contributed by atoms with van der Waals surface area (Å²) < 4.78 is 11.5. The summed E-state index contributed by atoms with van der Waals surface area (Å²) in [6.07, 6.45) is 0. The van der Waals surface area contributed by atoms with Crippen LogP contribution in [0.5, 0.6) is 5.75 Å². The summed E-state index contributed by atoms with van der Waals surface area (Å²) in [6, 6.07) is 14.1. The molecule has 0 saturated heterocycles. The number of benzene rings is 3. The van der Waals surface area contributed by atoms with Crippen molar-refractivity contribution in [3.8, 4) is 5.75 Å². The van der Waals surface area contributed by atoms with E-state index in [-0.39, 0.29) is 17.9 Å². The minimum absolute atomic E-state index is 0.123. The first-order valence-electron chi connectivity index (χ1n) is 9.48. The number of amides is 1. The topological polar surface area (TPSA) is 68.5 Å². The van der Waals surface area contributed by atoms with E-state index >= 15 is 0 Å². The zero-order valence-corrected chi connectivity index (χ0v) is 17.6. The summed E-state index contributed by atoms with van der Waals surface area (Å²) in [5.74, 6) is 0.371. The zero-order chi connectivity index (χ0) is 21.4. The van der Waals surface area contributed by atoms with Crippen LogP contribution in [-0.2, 0) is 4.79 Å². The fourth-order valence-electron chi connectivity index (χ4n) is 3.26. The molecule has 0 radical (unpaired) electrons. The van der Waals surface area contributed by atoms with Crippen molar-refractivity contribution in [3.05, 3.63) is 80.5 Å². The standard InChI is InChI=1S/C24H20ClNO4/c1-13-4-5-14(2)20(8-13)29-12-23(27)26-16-6-7-17-22(10-16)30-21-9-15(3)19(25)11-18(21)24(17)28/h4-11H,12H2,1-3H3,(H,26,27). The van der Waals surface area contributed by atoms with Gasteiger partial charge in [-0.1, -0.05) is 23.7 Å². The summed E-state index contributed by atoms with van der Waals surface area (Å²) in [5.41, 5.74) is 4.04. The van der Waals surface area contributed by atoms with Gasteiger partial charge in [0.05, 0.1) is 10.8 Å². The van der Waals surface area contributed by atoms with Crippen LogP contribution in [-0.4, -0.2) is 12.5 Å². The highest BCUT2D eigenvalue weighted by molar-refractivity contribution is 6.32. The van der Waals surface area contributed by atoms with E-state index in [9.17, 15) is 9.59 Å². The van der Waals surface area contributed by atoms with Crippen molar-refractivity contribution in [3.63, 3.8) is 0 Å². The molecule has 1 amide bonds. The summed E-state index contributed by atoms with van der Waals surface area (Å²) in [4.78, 5) is 25.1. The lowest BCUT2D eigenvalue weighted by Gasteiger charge is -2.11. The monoisotopic (exact) mass is 421 g/mol. The van der Waals surface area contributed by atoms with Gasteiger partial charge in [-0.05, 0) is 67.8 Å². The summed E-state index contributed by atoms with van der Waals surface area (Å²) >= 11 is 6.15. The molecular formula is C24H20ClNO4. The number of rotatable bonds is 4. The highest BCUT2D eigenvalue weighted by atomic mass is 35.5. The van der Waals surface area contributed by atoms with E-state index in [1.807, 2.05) is 39.0 Å². The first-order valence-corrected chi connectivity index (χ1v) is 9.86. The van der Waals surface area contributed by atoms with Crippen LogP contribution in [0.1, 0.15) is 16.7 Å². The lowest BCUT2D eigenvalue weighted by atomic mass is 10.1. The van der Waals surface area contributed by atoms with Crippen LogP contribution in [0.3, 0.4) is 0 Å². The molecule has 0 bridgehead atoms. The molecule has 5 nitrogen and oxygen atoms in total. The molecule has 1 N–H and O–H groups in total. The van der Waals surface area contributed by atoms with E-state index in [2.05, 4.69) is 5.32 Å². The maximum Gasteiger partial charge on any atom is 0.262 e. The van der Waals surface area contributed by atoms with E-state index in [0.29, 0.717) is 38.4 Å². The molecule has 4 aromatic rings. The lowest BCUT2D eigenvalue weighted by Crippen LogP contribution is -2.20. The fourth-order valence-corrected chi connectivity index (χ4v) is 3.42. The summed E-state index contributed by atoms with van der Waals surface area (Å²) in [7, 11) is 0. The molecular weight excluding hydrogens is 402 g/mol. The van der Waals surface area contributed by atoms with Crippen molar-refractivity contribution >= 4 is 45.1 Å². The first-order chi connectivity index (χ1) is 14.3. The Hall–Kier alpha value is -3.31. The minimum Gasteiger partial charge on any atom is -0.483 e. The molecule has 3 aromatic carbocycles. The van der Waals surface area contributed by atoms with E-state index in [1.165, 1.54) is 0 Å². The molecule has 4 rings (SSSR count). The maximum absolute atomic E-state index is 12.8. The Labute approximate surface area is 178 Å². The van der Waals surface area contributed by atoms with Crippen molar-refractivity contribution < 1.29 is 13.9 Å². The highest BCUT2D eigenvalue weighted by Crippen LogP contribution is 2.26. The van der Waals surface area contributed by atoms with Gasteiger partial charge >= 0.3 is 0 Å². The SMILES string of the molecule is Cc1ccc(C)c(OCC(=O)Nc2ccc3c(=O)c4cc(Cl)c(C)cc4oc3c2)c1. The highest BCUT2D eigenvalue weighted by Gasteiger charge is 2.12. The van der Waals surface area contributed by atoms with Gasteiger partial charge in [0.1, 0.15) is 16.9 Å². The molecule has 0 fully saturated rings.